The van der Waals surface area contributed by atoms with Gasteiger partial charge in [0, 0.05) is 12.4 Å². The maximum Gasteiger partial charge on any atom is 0.265 e. The molecule has 0 aliphatic carbocycles. The van der Waals surface area contributed by atoms with Gasteiger partial charge in [-0.3, -0.25) is 9.36 Å². The Morgan fingerprint density at radius 3 is 2.60 bits per heavy atom. The van der Waals surface area contributed by atoms with E-state index >= 15 is 0 Å². The van der Waals surface area contributed by atoms with E-state index in [2.05, 4.69) is 20.3 Å². The fourth-order valence-electron chi connectivity index (χ4n) is 2.13. The molecule has 0 saturated carbocycles. The van der Waals surface area contributed by atoms with Crippen LogP contribution in [-0.4, -0.2) is 31.5 Å². The number of para-hydroxylation sites is 1. The minimum absolute atomic E-state index is 0.0207. The summed E-state index contributed by atoms with van der Waals surface area (Å²) in [6.07, 6.45) is 5.47. The monoisotopic (exact) mass is 341 g/mol. The average Bonchev–Trinajstić information content (AvgIpc) is 3.03. The second kappa shape index (κ2) is 7.08. The largest absolute Gasteiger partial charge is 0.478 e. The third-order valence-electron chi connectivity index (χ3n) is 3.46. The first kappa shape index (κ1) is 16.6. The van der Waals surface area contributed by atoms with E-state index in [0.717, 1.165) is 5.82 Å². The Bertz CT molecular complexity index is 879. The van der Waals surface area contributed by atoms with Gasteiger partial charge in [-0.25, -0.2) is 19.3 Å². The van der Waals surface area contributed by atoms with Crippen LogP contribution in [-0.2, 0) is 4.79 Å². The smallest absolute Gasteiger partial charge is 0.265 e. The predicted octanol–water partition coefficient (Wildman–Crippen LogP) is 2.52. The number of benzene rings is 1. The molecule has 25 heavy (non-hydrogen) atoms. The molecular formula is C17H16FN5O2. The first-order valence-corrected chi connectivity index (χ1v) is 7.59. The number of rotatable bonds is 5. The molecule has 2 aromatic heterocycles. The first-order valence-electron chi connectivity index (χ1n) is 7.59. The summed E-state index contributed by atoms with van der Waals surface area (Å²) in [4.78, 5) is 24.6. The van der Waals surface area contributed by atoms with E-state index in [4.69, 9.17) is 4.74 Å². The second-order valence-corrected chi connectivity index (χ2v) is 5.30. The summed E-state index contributed by atoms with van der Waals surface area (Å²) in [5.41, 5.74) is 0.413. The molecule has 3 aromatic rings. The standard InChI is InChI=1S/C17H16FN5O2/c1-11(25-15-6-4-3-5-14(15)18)16(24)22-13-9-20-17(21-10-13)23-8-7-19-12(23)2/h3-11H,1-2H3,(H,22,24). The lowest BCUT2D eigenvalue weighted by atomic mass is 10.3. The van der Waals surface area contributed by atoms with Crippen LogP contribution in [0.2, 0.25) is 0 Å². The van der Waals surface area contributed by atoms with Gasteiger partial charge in [-0.15, -0.1) is 0 Å². The molecular weight excluding hydrogens is 325 g/mol. The predicted molar refractivity (Wildman–Crippen MR) is 89.0 cm³/mol. The minimum atomic E-state index is -0.882. The number of hydrogen-bond donors (Lipinski definition) is 1. The van der Waals surface area contributed by atoms with Gasteiger partial charge in [-0.1, -0.05) is 12.1 Å². The van der Waals surface area contributed by atoms with Crippen molar-refractivity contribution in [2.75, 3.05) is 5.32 Å². The maximum absolute atomic E-state index is 13.6. The number of nitrogens with zero attached hydrogens (tertiary/aromatic N) is 4. The highest BCUT2D eigenvalue weighted by Gasteiger charge is 2.17. The number of aryl methyl sites for hydroxylation is 1. The highest BCUT2D eigenvalue weighted by molar-refractivity contribution is 5.93. The molecule has 7 nitrogen and oxygen atoms in total. The summed E-state index contributed by atoms with van der Waals surface area (Å²) >= 11 is 0. The van der Waals surface area contributed by atoms with E-state index in [0.29, 0.717) is 11.6 Å². The highest BCUT2D eigenvalue weighted by atomic mass is 19.1. The van der Waals surface area contributed by atoms with Gasteiger partial charge in [0.25, 0.3) is 5.91 Å². The number of amides is 1. The molecule has 1 N–H and O–H groups in total. The van der Waals surface area contributed by atoms with Crippen LogP contribution in [0.1, 0.15) is 12.7 Å². The van der Waals surface area contributed by atoms with Gasteiger partial charge in [0.15, 0.2) is 17.7 Å². The van der Waals surface area contributed by atoms with Crippen LogP contribution >= 0.6 is 0 Å². The summed E-state index contributed by atoms with van der Waals surface area (Å²) in [7, 11) is 0. The lowest BCUT2D eigenvalue weighted by Crippen LogP contribution is -2.30. The van der Waals surface area contributed by atoms with Crippen molar-refractivity contribution in [2.24, 2.45) is 0 Å². The van der Waals surface area contributed by atoms with Gasteiger partial charge < -0.3 is 10.1 Å². The number of hydrogen-bond acceptors (Lipinski definition) is 5. The molecule has 1 atom stereocenters. The van der Waals surface area contributed by atoms with Crippen LogP contribution in [0.5, 0.6) is 5.75 Å². The molecule has 128 valence electrons. The van der Waals surface area contributed by atoms with E-state index in [1.54, 1.807) is 29.1 Å². The van der Waals surface area contributed by atoms with Crippen molar-refractivity contribution in [3.8, 4) is 11.7 Å². The molecule has 8 heteroatoms. The van der Waals surface area contributed by atoms with Crippen LogP contribution in [0.15, 0.2) is 49.1 Å². The number of anilines is 1. The molecule has 0 spiro atoms. The third-order valence-corrected chi connectivity index (χ3v) is 3.46. The van der Waals surface area contributed by atoms with E-state index in [-0.39, 0.29) is 5.75 Å². The summed E-state index contributed by atoms with van der Waals surface area (Å²) in [6, 6.07) is 5.91. The molecule has 0 bridgehead atoms. The van der Waals surface area contributed by atoms with Crippen molar-refractivity contribution in [3.05, 3.63) is 60.7 Å². The fourth-order valence-corrected chi connectivity index (χ4v) is 2.13. The SMILES string of the molecule is Cc1nccn1-c1ncc(NC(=O)C(C)Oc2ccccc2F)cn1. The molecule has 0 radical (unpaired) electrons. The van der Waals surface area contributed by atoms with E-state index in [9.17, 15) is 9.18 Å². The Kier molecular flexibility index (Phi) is 4.69. The molecule has 0 fully saturated rings. The Morgan fingerprint density at radius 2 is 1.96 bits per heavy atom. The van der Waals surface area contributed by atoms with Crippen molar-refractivity contribution < 1.29 is 13.9 Å². The van der Waals surface area contributed by atoms with Crippen LogP contribution < -0.4 is 10.1 Å². The molecule has 0 saturated heterocycles. The van der Waals surface area contributed by atoms with Crippen molar-refractivity contribution in [1.82, 2.24) is 19.5 Å². The Morgan fingerprint density at radius 1 is 1.24 bits per heavy atom. The molecule has 1 aromatic carbocycles. The molecule has 1 unspecified atom stereocenters. The fraction of sp³-hybridized carbons (Fsp3) is 0.176. The number of halogens is 1. The zero-order chi connectivity index (χ0) is 17.8. The van der Waals surface area contributed by atoms with Gasteiger partial charge >= 0.3 is 0 Å². The third kappa shape index (κ3) is 3.79. The second-order valence-electron chi connectivity index (χ2n) is 5.30. The molecule has 1 amide bonds. The molecule has 3 rings (SSSR count). The van der Waals surface area contributed by atoms with Crippen LogP contribution in [0.4, 0.5) is 10.1 Å². The number of carbonyl (C=O) groups excluding carboxylic acids is 1. The average molecular weight is 341 g/mol. The summed E-state index contributed by atoms with van der Waals surface area (Å²) in [6.45, 7) is 3.37. The topological polar surface area (TPSA) is 81.9 Å². The summed E-state index contributed by atoms with van der Waals surface area (Å²) < 4.78 is 20.6. The minimum Gasteiger partial charge on any atom is -0.478 e. The molecule has 0 aliphatic rings. The van der Waals surface area contributed by atoms with Gasteiger partial charge in [-0.2, -0.15) is 0 Å². The maximum atomic E-state index is 13.6. The number of carbonyl (C=O) groups is 1. The number of imidazole rings is 1. The number of nitrogens with one attached hydrogen (secondary N) is 1. The Balaban J connectivity index is 1.64. The first-order chi connectivity index (χ1) is 12.0. The van der Waals surface area contributed by atoms with E-state index < -0.39 is 17.8 Å². The summed E-state index contributed by atoms with van der Waals surface area (Å²) in [5.74, 6) is 0.267. The highest BCUT2D eigenvalue weighted by Crippen LogP contribution is 2.17. The lowest BCUT2D eigenvalue weighted by Gasteiger charge is -2.15. The van der Waals surface area contributed by atoms with Gasteiger partial charge in [0.2, 0.25) is 5.95 Å². The Labute approximate surface area is 143 Å². The van der Waals surface area contributed by atoms with Crippen LogP contribution in [0.25, 0.3) is 5.95 Å². The normalized spacial score (nSPS) is 11.8. The lowest BCUT2D eigenvalue weighted by molar-refractivity contribution is -0.122. The van der Waals surface area contributed by atoms with E-state index in [1.165, 1.54) is 31.5 Å². The van der Waals surface area contributed by atoms with Crippen LogP contribution in [0.3, 0.4) is 0 Å². The van der Waals surface area contributed by atoms with Crippen molar-refractivity contribution >= 4 is 11.6 Å². The zero-order valence-electron chi connectivity index (χ0n) is 13.7. The molecule has 0 aliphatic heterocycles. The van der Waals surface area contributed by atoms with Gasteiger partial charge in [0.1, 0.15) is 5.82 Å². The van der Waals surface area contributed by atoms with Gasteiger partial charge in [0.05, 0.1) is 18.1 Å². The Hall–Kier alpha value is -3.29. The van der Waals surface area contributed by atoms with Gasteiger partial charge in [-0.05, 0) is 26.0 Å². The number of aromatic nitrogens is 4. The quantitative estimate of drug-likeness (QED) is 0.771. The molecule has 2 heterocycles. The number of ether oxygens (including phenoxy) is 1. The van der Waals surface area contributed by atoms with Crippen LogP contribution in [0, 0.1) is 12.7 Å². The van der Waals surface area contributed by atoms with Crippen molar-refractivity contribution in [1.29, 1.82) is 0 Å². The summed E-state index contributed by atoms with van der Waals surface area (Å²) in [5, 5.41) is 2.63. The van der Waals surface area contributed by atoms with E-state index in [1.807, 2.05) is 6.92 Å². The van der Waals surface area contributed by atoms with Crippen molar-refractivity contribution in [3.63, 3.8) is 0 Å². The van der Waals surface area contributed by atoms with Crippen molar-refractivity contribution in [2.45, 2.75) is 20.0 Å². The zero-order valence-corrected chi connectivity index (χ0v) is 13.7.